The second kappa shape index (κ2) is 4.98. The molecule has 1 atom stereocenters. The van der Waals surface area contributed by atoms with Crippen LogP contribution in [-0.2, 0) is 0 Å². The first-order chi connectivity index (χ1) is 10.1. The quantitative estimate of drug-likeness (QED) is 0.714. The van der Waals surface area contributed by atoms with Crippen LogP contribution >= 0.6 is 0 Å². The minimum Gasteiger partial charge on any atom is -0.385 e. The van der Waals surface area contributed by atoms with E-state index in [0.29, 0.717) is 18.2 Å². The number of hydrogen-bond acceptors (Lipinski definition) is 7. The van der Waals surface area contributed by atoms with Gasteiger partial charge in [0.15, 0.2) is 0 Å². The van der Waals surface area contributed by atoms with Crippen molar-refractivity contribution < 1.29 is 0 Å². The van der Waals surface area contributed by atoms with Gasteiger partial charge in [-0.1, -0.05) is 6.92 Å². The van der Waals surface area contributed by atoms with Gasteiger partial charge in [-0.25, -0.2) is 19.6 Å². The molecular weight excluding hydrogens is 268 g/mol. The van der Waals surface area contributed by atoms with Crippen LogP contribution in [0.5, 0.6) is 0 Å². The van der Waals surface area contributed by atoms with Gasteiger partial charge >= 0.3 is 0 Å². The summed E-state index contributed by atoms with van der Waals surface area (Å²) in [6.07, 6.45) is 9.02. The predicted molar refractivity (Wildman–Crippen MR) is 78.7 cm³/mol. The molecule has 0 radical (unpaired) electrons. The lowest BCUT2D eigenvalue weighted by Gasteiger charge is -2.26. The van der Waals surface area contributed by atoms with Crippen molar-refractivity contribution in [3.05, 3.63) is 42.9 Å². The molecule has 0 aromatic carbocycles. The Morgan fingerprint density at radius 1 is 1.43 bits per heavy atom. The summed E-state index contributed by atoms with van der Waals surface area (Å²) in [7, 11) is 0. The van der Waals surface area contributed by atoms with Crippen LogP contribution in [0, 0.1) is 0 Å². The minimum absolute atomic E-state index is 0.462. The molecule has 8 heteroatoms. The van der Waals surface area contributed by atoms with E-state index in [1.54, 1.807) is 23.2 Å². The molecule has 21 heavy (non-hydrogen) atoms. The predicted octanol–water partition coefficient (Wildman–Crippen LogP) is 0.0125. The molecule has 2 aromatic rings. The van der Waals surface area contributed by atoms with Crippen molar-refractivity contribution in [2.45, 2.75) is 19.0 Å². The van der Waals surface area contributed by atoms with Crippen molar-refractivity contribution in [3.8, 4) is 11.3 Å². The third-order valence-corrected chi connectivity index (χ3v) is 3.22. The normalized spacial score (nSPS) is 21.4. The number of nitrogens with one attached hydrogen (secondary N) is 1. The van der Waals surface area contributed by atoms with Crippen LogP contribution in [0.1, 0.15) is 13.3 Å². The lowest BCUT2D eigenvalue weighted by molar-refractivity contribution is 0.514. The molecule has 0 fully saturated rings. The summed E-state index contributed by atoms with van der Waals surface area (Å²) in [4.78, 5) is 12.5. The summed E-state index contributed by atoms with van der Waals surface area (Å²) >= 11 is 0. The maximum Gasteiger partial charge on any atom is 0.227 e. The molecular formula is C13H16N8. The number of aliphatic imine (C=N–C) groups is 1. The summed E-state index contributed by atoms with van der Waals surface area (Å²) in [5, 5.41) is 7.24. The highest BCUT2D eigenvalue weighted by Crippen LogP contribution is 2.17. The number of nitrogens with zero attached hydrogens (tertiary/aromatic N) is 5. The van der Waals surface area contributed by atoms with Crippen molar-refractivity contribution in [1.29, 1.82) is 0 Å². The summed E-state index contributed by atoms with van der Waals surface area (Å²) in [5.74, 6) is 0.947. The fourth-order valence-electron chi connectivity index (χ4n) is 2.01. The smallest absolute Gasteiger partial charge is 0.227 e. The van der Waals surface area contributed by atoms with Crippen LogP contribution in [0.25, 0.3) is 11.3 Å². The number of hydrogen-bond donors (Lipinski definition) is 3. The number of nitrogens with two attached hydrogens (primary N) is 2. The molecule has 0 amide bonds. The van der Waals surface area contributed by atoms with Crippen LogP contribution < -0.4 is 16.8 Å². The van der Waals surface area contributed by atoms with Gasteiger partial charge in [-0.15, -0.1) is 0 Å². The Morgan fingerprint density at radius 3 is 3.00 bits per heavy atom. The summed E-state index contributed by atoms with van der Waals surface area (Å²) in [5.41, 5.74) is 12.8. The van der Waals surface area contributed by atoms with Crippen LogP contribution in [0.3, 0.4) is 0 Å². The molecule has 2 aromatic heterocycles. The highest BCUT2D eigenvalue weighted by atomic mass is 15.4. The molecule has 5 N–H and O–H groups in total. The Balaban J connectivity index is 1.94. The number of aromatic nitrogens is 4. The van der Waals surface area contributed by atoms with Gasteiger partial charge in [-0.2, -0.15) is 5.10 Å². The molecule has 0 spiro atoms. The zero-order valence-corrected chi connectivity index (χ0v) is 11.6. The molecule has 3 rings (SSSR count). The van der Waals surface area contributed by atoms with Crippen LogP contribution in [0.15, 0.2) is 47.9 Å². The topological polar surface area (TPSA) is 120 Å². The highest BCUT2D eigenvalue weighted by Gasteiger charge is 2.25. The van der Waals surface area contributed by atoms with Gasteiger partial charge in [0.2, 0.25) is 5.96 Å². The first-order valence-corrected chi connectivity index (χ1v) is 6.55. The van der Waals surface area contributed by atoms with Crippen molar-refractivity contribution in [2.24, 2.45) is 16.5 Å². The average molecular weight is 284 g/mol. The van der Waals surface area contributed by atoms with E-state index < -0.39 is 5.66 Å². The van der Waals surface area contributed by atoms with Gasteiger partial charge in [0, 0.05) is 18.0 Å². The van der Waals surface area contributed by atoms with Crippen molar-refractivity contribution in [3.63, 3.8) is 0 Å². The maximum atomic E-state index is 6.15. The van der Waals surface area contributed by atoms with E-state index in [4.69, 9.17) is 11.5 Å². The van der Waals surface area contributed by atoms with Gasteiger partial charge in [0.25, 0.3) is 0 Å². The molecule has 0 saturated heterocycles. The van der Waals surface area contributed by atoms with E-state index in [0.717, 1.165) is 11.3 Å². The molecule has 1 aliphatic heterocycles. The van der Waals surface area contributed by atoms with Crippen molar-refractivity contribution in [1.82, 2.24) is 25.1 Å². The van der Waals surface area contributed by atoms with E-state index in [1.807, 2.05) is 19.2 Å². The van der Waals surface area contributed by atoms with Gasteiger partial charge in [-0.05, 0) is 18.6 Å². The molecule has 8 nitrogen and oxygen atoms in total. The summed E-state index contributed by atoms with van der Waals surface area (Å²) in [6.45, 7) is 1.95. The highest BCUT2D eigenvalue weighted by molar-refractivity contribution is 5.85. The van der Waals surface area contributed by atoms with Gasteiger partial charge in [0.1, 0.15) is 17.8 Å². The third-order valence-electron chi connectivity index (χ3n) is 3.22. The maximum absolute atomic E-state index is 6.15. The fourth-order valence-corrected chi connectivity index (χ4v) is 2.01. The average Bonchev–Trinajstić information content (AvgIpc) is 2.97. The molecule has 0 saturated carbocycles. The van der Waals surface area contributed by atoms with Gasteiger partial charge in [-0.3, -0.25) is 0 Å². The van der Waals surface area contributed by atoms with Crippen LogP contribution in [-0.4, -0.2) is 31.4 Å². The van der Waals surface area contributed by atoms with E-state index in [9.17, 15) is 0 Å². The SMILES string of the molecule is CCC1(N)C=C(N)NC(n2cc(-c3ccncn3)cn2)=N1. The Morgan fingerprint density at radius 2 is 2.29 bits per heavy atom. The molecule has 3 heterocycles. The Labute approximate surface area is 121 Å². The summed E-state index contributed by atoms with van der Waals surface area (Å²) in [6, 6.07) is 1.81. The second-order valence-corrected chi connectivity index (χ2v) is 4.77. The van der Waals surface area contributed by atoms with E-state index in [1.165, 1.54) is 6.33 Å². The lowest BCUT2D eigenvalue weighted by Crippen LogP contribution is -2.47. The van der Waals surface area contributed by atoms with Gasteiger partial charge < -0.3 is 16.8 Å². The molecule has 0 bridgehead atoms. The van der Waals surface area contributed by atoms with Crippen LogP contribution in [0.4, 0.5) is 0 Å². The Hall–Kier alpha value is -2.74. The molecule has 1 unspecified atom stereocenters. The van der Waals surface area contributed by atoms with Gasteiger partial charge in [0.05, 0.1) is 11.9 Å². The monoisotopic (exact) mass is 284 g/mol. The van der Waals surface area contributed by atoms with E-state index in [-0.39, 0.29) is 0 Å². The Kier molecular flexibility index (Phi) is 3.15. The van der Waals surface area contributed by atoms with Crippen molar-refractivity contribution >= 4 is 5.96 Å². The molecule has 1 aliphatic rings. The largest absolute Gasteiger partial charge is 0.385 e. The third kappa shape index (κ3) is 2.61. The van der Waals surface area contributed by atoms with Crippen LogP contribution in [0.2, 0.25) is 0 Å². The fraction of sp³-hybridized carbons (Fsp3) is 0.231. The lowest BCUT2D eigenvalue weighted by atomic mass is 10.1. The zero-order chi connectivity index (χ0) is 14.9. The second-order valence-electron chi connectivity index (χ2n) is 4.77. The van der Waals surface area contributed by atoms with E-state index in [2.05, 4.69) is 25.4 Å². The molecule has 108 valence electrons. The van der Waals surface area contributed by atoms with Crippen molar-refractivity contribution in [2.75, 3.05) is 0 Å². The standard InChI is InChI=1S/C13H16N8/c1-2-13(15)5-11(14)19-12(20-13)21-7-9(6-18-21)10-3-4-16-8-17-10/h3-8H,2,14-15H2,1H3,(H,19,20). The minimum atomic E-state index is -0.814. The summed E-state index contributed by atoms with van der Waals surface area (Å²) < 4.78 is 1.59. The first kappa shape index (κ1) is 13.3. The number of rotatable bonds is 2. The first-order valence-electron chi connectivity index (χ1n) is 6.55. The molecule has 0 aliphatic carbocycles. The Bertz CT molecular complexity index is 702. The zero-order valence-electron chi connectivity index (χ0n) is 11.6. The van der Waals surface area contributed by atoms with E-state index >= 15 is 0 Å².